The van der Waals surface area contributed by atoms with E-state index in [0.29, 0.717) is 0 Å². The van der Waals surface area contributed by atoms with E-state index in [1.54, 1.807) is 0 Å². The highest BCUT2D eigenvalue weighted by Gasteiger charge is 2.36. The lowest BCUT2D eigenvalue weighted by atomic mass is 9.81. The van der Waals surface area contributed by atoms with Crippen LogP contribution in [0, 0.1) is 17.0 Å². The van der Waals surface area contributed by atoms with E-state index >= 15 is 0 Å². The number of rotatable bonds is 2. The molecule has 1 fully saturated rings. The summed E-state index contributed by atoms with van der Waals surface area (Å²) >= 11 is 0. The first-order valence-electron chi connectivity index (χ1n) is 5.53. The van der Waals surface area contributed by atoms with Gasteiger partial charge in [-0.15, -0.1) is 0 Å². The van der Waals surface area contributed by atoms with Gasteiger partial charge in [-0.25, -0.2) is 8.78 Å². The van der Waals surface area contributed by atoms with Crippen LogP contribution in [0.2, 0.25) is 0 Å². The van der Waals surface area contributed by atoms with Crippen LogP contribution in [-0.4, -0.2) is 5.78 Å². The molecule has 0 heterocycles. The van der Waals surface area contributed by atoms with Gasteiger partial charge in [0.15, 0.2) is 17.4 Å². The topological polar surface area (TPSA) is 17.1 Å². The highest BCUT2D eigenvalue weighted by molar-refractivity contribution is 6.00. The number of benzene rings is 1. The molecule has 1 aliphatic carbocycles. The van der Waals surface area contributed by atoms with E-state index in [0.717, 1.165) is 37.8 Å². The van der Waals surface area contributed by atoms with Crippen molar-refractivity contribution >= 4 is 5.78 Å². The first kappa shape index (κ1) is 11.2. The van der Waals surface area contributed by atoms with Crippen LogP contribution in [0.1, 0.15) is 43.0 Å². The Morgan fingerprint density at radius 2 is 1.81 bits per heavy atom. The quantitative estimate of drug-likeness (QED) is 0.699. The van der Waals surface area contributed by atoms with Crippen LogP contribution in [-0.2, 0) is 0 Å². The number of halogens is 2. The van der Waals surface area contributed by atoms with Gasteiger partial charge in [0.2, 0.25) is 0 Å². The predicted octanol–water partition coefficient (Wildman–Crippen LogP) is 3.73. The summed E-state index contributed by atoms with van der Waals surface area (Å²) in [6, 6.07) is 3.38. The zero-order chi connectivity index (χ0) is 11.8. The third-order valence-electron chi connectivity index (χ3n) is 3.44. The average molecular weight is 224 g/mol. The number of carbonyl (C=O) groups excluding carboxylic acids is 1. The molecule has 1 aromatic rings. The van der Waals surface area contributed by atoms with E-state index in [1.807, 2.05) is 6.92 Å². The molecule has 0 saturated heterocycles. The maximum Gasteiger partial charge on any atom is 0.168 e. The average Bonchev–Trinajstić information content (AvgIpc) is 2.70. The van der Waals surface area contributed by atoms with Crippen molar-refractivity contribution in [1.29, 1.82) is 0 Å². The summed E-state index contributed by atoms with van der Waals surface area (Å²) in [6.07, 6.45) is 3.74. The lowest BCUT2D eigenvalue weighted by molar-refractivity contribution is 0.0823. The Kier molecular flexibility index (Phi) is 2.78. The van der Waals surface area contributed by atoms with Crippen molar-refractivity contribution in [3.8, 4) is 0 Å². The SMILES string of the molecule is CC1(C(=O)c2ccc(F)c(F)c2)CCCC1. The number of hydrogen-bond acceptors (Lipinski definition) is 1. The van der Waals surface area contributed by atoms with Gasteiger partial charge < -0.3 is 0 Å². The Balaban J connectivity index is 2.30. The second-order valence-electron chi connectivity index (χ2n) is 4.73. The Hall–Kier alpha value is -1.25. The maximum absolute atomic E-state index is 13.0. The Morgan fingerprint density at radius 1 is 1.19 bits per heavy atom. The van der Waals surface area contributed by atoms with Crippen LogP contribution in [0.4, 0.5) is 8.78 Å². The molecule has 0 bridgehead atoms. The van der Waals surface area contributed by atoms with Crippen molar-refractivity contribution < 1.29 is 13.6 Å². The molecule has 1 saturated carbocycles. The smallest absolute Gasteiger partial charge is 0.168 e. The van der Waals surface area contributed by atoms with Gasteiger partial charge in [-0.05, 0) is 31.0 Å². The number of Topliss-reactive ketones (excluding diaryl/α,β-unsaturated/α-hetero) is 1. The summed E-state index contributed by atoms with van der Waals surface area (Å²) in [7, 11) is 0. The second kappa shape index (κ2) is 3.96. The minimum Gasteiger partial charge on any atom is -0.294 e. The maximum atomic E-state index is 13.0. The monoisotopic (exact) mass is 224 g/mol. The molecule has 2 rings (SSSR count). The fraction of sp³-hybridized carbons (Fsp3) is 0.462. The number of hydrogen-bond donors (Lipinski definition) is 0. The third kappa shape index (κ3) is 1.86. The molecule has 1 aliphatic rings. The van der Waals surface area contributed by atoms with Crippen molar-refractivity contribution in [2.24, 2.45) is 5.41 Å². The lowest BCUT2D eigenvalue weighted by Crippen LogP contribution is -2.24. The third-order valence-corrected chi connectivity index (χ3v) is 3.44. The molecular formula is C13H14F2O. The van der Waals surface area contributed by atoms with Gasteiger partial charge in [-0.2, -0.15) is 0 Å². The molecule has 0 N–H and O–H groups in total. The van der Waals surface area contributed by atoms with Gasteiger partial charge in [0, 0.05) is 11.0 Å². The normalized spacial score (nSPS) is 18.7. The van der Waals surface area contributed by atoms with Gasteiger partial charge in [0.25, 0.3) is 0 Å². The Labute approximate surface area is 93.5 Å². The van der Waals surface area contributed by atoms with Gasteiger partial charge in [-0.3, -0.25) is 4.79 Å². The van der Waals surface area contributed by atoms with Crippen molar-refractivity contribution in [1.82, 2.24) is 0 Å². The zero-order valence-electron chi connectivity index (χ0n) is 9.22. The molecule has 0 atom stereocenters. The van der Waals surface area contributed by atoms with E-state index in [2.05, 4.69) is 0 Å². The van der Waals surface area contributed by atoms with Crippen molar-refractivity contribution in [2.45, 2.75) is 32.6 Å². The lowest BCUT2D eigenvalue weighted by Gasteiger charge is -2.21. The van der Waals surface area contributed by atoms with Crippen LogP contribution >= 0.6 is 0 Å². The summed E-state index contributed by atoms with van der Waals surface area (Å²) < 4.78 is 25.8. The van der Waals surface area contributed by atoms with E-state index in [4.69, 9.17) is 0 Å². The van der Waals surface area contributed by atoms with Crippen LogP contribution in [0.3, 0.4) is 0 Å². The van der Waals surface area contributed by atoms with Gasteiger partial charge in [-0.1, -0.05) is 19.8 Å². The summed E-state index contributed by atoms with van der Waals surface area (Å²) in [5.74, 6) is -1.93. The highest BCUT2D eigenvalue weighted by Crippen LogP contribution is 2.40. The molecule has 3 heteroatoms. The summed E-state index contributed by atoms with van der Waals surface area (Å²) in [6.45, 7) is 1.91. The van der Waals surface area contributed by atoms with Crippen LogP contribution in [0.25, 0.3) is 0 Å². The van der Waals surface area contributed by atoms with E-state index in [-0.39, 0.29) is 16.8 Å². The van der Waals surface area contributed by atoms with Gasteiger partial charge in [0.05, 0.1) is 0 Å². The van der Waals surface area contributed by atoms with Gasteiger partial charge in [0.1, 0.15) is 0 Å². The van der Waals surface area contributed by atoms with Crippen molar-refractivity contribution in [3.05, 3.63) is 35.4 Å². The standard InChI is InChI=1S/C13H14F2O/c1-13(6-2-3-7-13)12(16)9-4-5-10(14)11(15)8-9/h4-5,8H,2-3,6-7H2,1H3. The molecule has 86 valence electrons. The van der Waals surface area contributed by atoms with E-state index in [9.17, 15) is 13.6 Å². The molecule has 0 amide bonds. The largest absolute Gasteiger partial charge is 0.294 e. The zero-order valence-corrected chi connectivity index (χ0v) is 9.22. The Bertz CT molecular complexity index is 420. The fourth-order valence-electron chi connectivity index (χ4n) is 2.37. The molecule has 1 aromatic carbocycles. The van der Waals surface area contributed by atoms with Crippen LogP contribution in [0.5, 0.6) is 0 Å². The molecule has 0 spiro atoms. The first-order valence-corrected chi connectivity index (χ1v) is 5.53. The molecule has 0 aliphatic heterocycles. The molecule has 0 radical (unpaired) electrons. The highest BCUT2D eigenvalue weighted by atomic mass is 19.2. The summed E-state index contributed by atoms with van der Waals surface area (Å²) in [5.41, 5.74) is -0.104. The van der Waals surface area contributed by atoms with Gasteiger partial charge >= 0.3 is 0 Å². The van der Waals surface area contributed by atoms with E-state index in [1.165, 1.54) is 6.07 Å². The number of ketones is 1. The molecule has 1 nitrogen and oxygen atoms in total. The summed E-state index contributed by atoms with van der Waals surface area (Å²) in [5, 5.41) is 0. The molecule has 0 unspecified atom stereocenters. The number of carbonyl (C=O) groups is 1. The fourth-order valence-corrected chi connectivity index (χ4v) is 2.37. The van der Waals surface area contributed by atoms with Crippen LogP contribution < -0.4 is 0 Å². The van der Waals surface area contributed by atoms with E-state index < -0.39 is 11.6 Å². The van der Waals surface area contributed by atoms with Crippen LogP contribution in [0.15, 0.2) is 18.2 Å². The molecular weight excluding hydrogens is 210 g/mol. The Morgan fingerprint density at radius 3 is 2.38 bits per heavy atom. The minimum absolute atomic E-state index is 0.0658. The second-order valence-corrected chi connectivity index (χ2v) is 4.73. The van der Waals surface area contributed by atoms with Crippen molar-refractivity contribution in [2.75, 3.05) is 0 Å². The summed E-state index contributed by atoms with van der Waals surface area (Å²) in [4.78, 5) is 12.1. The first-order chi connectivity index (χ1) is 7.53. The predicted molar refractivity (Wildman–Crippen MR) is 57.3 cm³/mol. The minimum atomic E-state index is -0.951. The molecule has 16 heavy (non-hydrogen) atoms. The molecule has 0 aromatic heterocycles. The van der Waals surface area contributed by atoms with Crippen molar-refractivity contribution in [3.63, 3.8) is 0 Å².